The number of carbonyl (C=O) groups excluding carboxylic acids is 2. The molecule has 0 spiro atoms. The molecule has 1 aliphatic heterocycles. The number of carbonyl (C=O) groups is 2. The van der Waals surface area contributed by atoms with Crippen LogP contribution in [0.1, 0.15) is 310 Å². The van der Waals surface area contributed by atoms with Gasteiger partial charge in [-0.2, -0.15) is 0 Å². The lowest BCUT2D eigenvalue weighted by Gasteiger charge is -2.41. The van der Waals surface area contributed by atoms with E-state index in [1.807, 2.05) is 6.08 Å². The molecular weight excluding hydrogens is 991 g/mol. The van der Waals surface area contributed by atoms with E-state index < -0.39 is 67.4 Å². The van der Waals surface area contributed by atoms with Crippen LogP contribution in [0.5, 0.6) is 0 Å². The van der Waals surface area contributed by atoms with E-state index in [1.165, 1.54) is 186 Å². The standard InChI is InChI=1S/C68H125NO10/c1-4-7-10-13-16-19-22-25-27-29-30-31-32-33-35-38-41-44-47-50-53-56-63(73)79-66-65(75)64(74)62(57-70)78-68(66)77-58-59(60(71)54-51-48-45-42-39-36-24-21-18-15-12-9-6-3)69-67(76)61(72)55-52-49-46-43-40-37-34-28-26-23-20-17-14-11-8-5-2/h17,20,26,28,37,40,51,54,59-62,64-66,68,70-72,74-75H,4-16,18-19,21-25,27,29-36,38-39,41-50,52-53,55-58H2,1-3H3,(H,69,76)/b20-17-,28-26-,40-37-,54-51+. The van der Waals surface area contributed by atoms with Crippen LogP contribution in [0.2, 0.25) is 0 Å². The molecule has 1 amide bonds. The second kappa shape index (κ2) is 56.1. The van der Waals surface area contributed by atoms with Gasteiger partial charge in [-0.3, -0.25) is 9.59 Å². The molecule has 79 heavy (non-hydrogen) atoms. The Morgan fingerprint density at radius 2 is 0.873 bits per heavy atom. The number of rotatable bonds is 57. The number of hydrogen-bond acceptors (Lipinski definition) is 10. The molecule has 0 saturated carbocycles. The van der Waals surface area contributed by atoms with Crippen molar-refractivity contribution in [3.8, 4) is 0 Å². The molecule has 1 heterocycles. The summed E-state index contributed by atoms with van der Waals surface area (Å²) < 4.78 is 17.7. The highest BCUT2D eigenvalue weighted by atomic mass is 16.7. The van der Waals surface area contributed by atoms with Gasteiger partial charge in [0.1, 0.15) is 24.4 Å². The average molecular weight is 1120 g/mol. The van der Waals surface area contributed by atoms with Crippen molar-refractivity contribution in [2.24, 2.45) is 0 Å². The lowest BCUT2D eigenvalue weighted by Crippen LogP contribution is -2.61. The molecule has 1 saturated heterocycles. The topological polar surface area (TPSA) is 175 Å². The molecule has 0 aromatic rings. The molecule has 1 fully saturated rings. The molecule has 11 nitrogen and oxygen atoms in total. The van der Waals surface area contributed by atoms with Crippen LogP contribution in [-0.4, -0.2) is 99.6 Å². The van der Waals surface area contributed by atoms with Crippen LogP contribution in [-0.2, 0) is 23.8 Å². The van der Waals surface area contributed by atoms with Crippen molar-refractivity contribution in [1.82, 2.24) is 5.32 Å². The van der Waals surface area contributed by atoms with Gasteiger partial charge in [0.25, 0.3) is 0 Å². The van der Waals surface area contributed by atoms with Crippen LogP contribution < -0.4 is 5.32 Å². The van der Waals surface area contributed by atoms with Crippen molar-refractivity contribution in [1.29, 1.82) is 0 Å². The summed E-state index contributed by atoms with van der Waals surface area (Å²) in [4.78, 5) is 26.6. The summed E-state index contributed by atoms with van der Waals surface area (Å²) in [7, 11) is 0. The number of aliphatic hydroxyl groups is 5. The quantitative estimate of drug-likeness (QED) is 0.0195. The minimum Gasteiger partial charge on any atom is -0.454 e. The summed E-state index contributed by atoms with van der Waals surface area (Å²) >= 11 is 0. The van der Waals surface area contributed by atoms with Gasteiger partial charge in [-0.25, -0.2) is 0 Å². The Morgan fingerprint density at radius 1 is 0.494 bits per heavy atom. The van der Waals surface area contributed by atoms with E-state index >= 15 is 0 Å². The zero-order valence-corrected chi connectivity index (χ0v) is 51.2. The highest BCUT2D eigenvalue weighted by Gasteiger charge is 2.47. The lowest BCUT2D eigenvalue weighted by molar-refractivity contribution is -0.305. The summed E-state index contributed by atoms with van der Waals surface area (Å²) in [5, 5.41) is 57.1. The van der Waals surface area contributed by atoms with Gasteiger partial charge in [0.05, 0.1) is 25.4 Å². The Hall–Kier alpha value is -2.38. The number of nitrogens with one attached hydrogen (secondary N) is 1. The van der Waals surface area contributed by atoms with E-state index in [0.717, 1.165) is 77.0 Å². The van der Waals surface area contributed by atoms with E-state index in [2.05, 4.69) is 62.5 Å². The fraction of sp³-hybridized carbons (Fsp3) is 0.853. The Balaban J connectivity index is 2.64. The Kier molecular flexibility index (Phi) is 53.0. The fourth-order valence-corrected chi connectivity index (χ4v) is 10.4. The predicted octanol–water partition coefficient (Wildman–Crippen LogP) is 16.4. The Bertz CT molecular complexity index is 1470. The molecular formula is C68H125NO10. The molecule has 0 aromatic carbocycles. The fourth-order valence-electron chi connectivity index (χ4n) is 10.4. The second-order valence-electron chi connectivity index (χ2n) is 23.2. The normalized spacial score (nSPS) is 19.1. The van der Waals surface area contributed by atoms with E-state index in [0.29, 0.717) is 12.8 Å². The third-order valence-electron chi connectivity index (χ3n) is 15.7. The van der Waals surface area contributed by atoms with Gasteiger partial charge < -0.3 is 45.1 Å². The van der Waals surface area contributed by atoms with Crippen molar-refractivity contribution in [2.75, 3.05) is 13.2 Å². The SMILES string of the molecule is CCCCC/C=C\C/C=C\C/C=C\CCCCCC(O)C(=O)NC(COC1OC(CO)C(O)C(O)C1OC(=O)CCCCCCCCCCCCCCCCCCCCCCC)C(O)/C=C/CCCCCCCCCCCCC. The summed E-state index contributed by atoms with van der Waals surface area (Å²) in [5.41, 5.74) is 0. The van der Waals surface area contributed by atoms with Crippen LogP contribution in [0.3, 0.4) is 0 Å². The van der Waals surface area contributed by atoms with E-state index in [4.69, 9.17) is 14.2 Å². The maximum Gasteiger partial charge on any atom is 0.306 e. The summed E-state index contributed by atoms with van der Waals surface area (Å²) in [5.74, 6) is -1.21. The summed E-state index contributed by atoms with van der Waals surface area (Å²) in [6.45, 7) is 5.78. The molecule has 1 aliphatic rings. The van der Waals surface area contributed by atoms with Crippen LogP contribution in [0, 0.1) is 0 Å². The molecule has 0 aliphatic carbocycles. The third kappa shape index (κ3) is 43.9. The van der Waals surface area contributed by atoms with Crippen molar-refractivity contribution < 1.29 is 49.3 Å². The van der Waals surface area contributed by atoms with Gasteiger partial charge in [-0.05, 0) is 64.2 Å². The maximum absolute atomic E-state index is 13.4. The number of ether oxygens (including phenoxy) is 3. The zero-order chi connectivity index (χ0) is 57.5. The Labute approximate surface area is 485 Å². The van der Waals surface area contributed by atoms with Crippen LogP contribution in [0.15, 0.2) is 48.6 Å². The smallest absolute Gasteiger partial charge is 0.306 e. The monoisotopic (exact) mass is 1120 g/mol. The van der Waals surface area contributed by atoms with E-state index in [9.17, 15) is 35.1 Å². The molecule has 0 radical (unpaired) electrons. The lowest BCUT2D eigenvalue weighted by atomic mass is 9.99. The summed E-state index contributed by atoms with van der Waals surface area (Å²) in [6.07, 6.45) is 58.6. The van der Waals surface area contributed by atoms with Crippen molar-refractivity contribution >= 4 is 11.9 Å². The largest absolute Gasteiger partial charge is 0.454 e. The molecule has 1 rings (SSSR count). The second-order valence-corrected chi connectivity index (χ2v) is 23.2. The number of aliphatic hydroxyl groups excluding tert-OH is 5. The molecule has 462 valence electrons. The first-order chi connectivity index (χ1) is 38.7. The number of amides is 1. The van der Waals surface area contributed by atoms with Crippen LogP contribution in [0.4, 0.5) is 0 Å². The van der Waals surface area contributed by atoms with Crippen LogP contribution in [0.25, 0.3) is 0 Å². The van der Waals surface area contributed by atoms with Gasteiger partial charge in [0.2, 0.25) is 5.91 Å². The van der Waals surface area contributed by atoms with Gasteiger partial charge in [-0.1, -0.05) is 288 Å². The molecule has 8 atom stereocenters. The number of hydrogen-bond donors (Lipinski definition) is 6. The van der Waals surface area contributed by atoms with E-state index in [1.54, 1.807) is 6.08 Å². The number of unbranched alkanes of at least 4 members (excludes halogenated alkanes) is 37. The van der Waals surface area contributed by atoms with E-state index in [-0.39, 0.29) is 19.4 Å². The Morgan fingerprint density at radius 3 is 1.33 bits per heavy atom. The first-order valence-corrected chi connectivity index (χ1v) is 33.4. The summed E-state index contributed by atoms with van der Waals surface area (Å²) in [6, 6.07) is -1.03. The molecule has 0 bridgehead atoms. The first kappa shape index (κ1) is 74.6. The molecule has 11 heteroatoms. The third-order valence-corrected chi connectivity index (χ3v) is 15.7. The van der Waals surface area contributed by atoms with Gasteiger partial charge in [0, 0.05) is 6.42 Å². The van der Waals surface area contributed by atoms with Gasteiger partial charge in [-0.15, -0.1) is 0 Å². The first-order valence-electron chi connectivity index (χ1n) is 33.4. The van der Waals surface area contributed by atoms with Crippen molar-refractivity contribution in [3.05, 3.63) is 48.6 Å². The van der Waals surface area contributed by atoms with Gasteiger partial charge >= 0.3 is 5.97 Å². The average Bonchev–Trinajstić information content (AvgIpc) is 3.49. The highest BCUT2D eigenvalue weighted by Crippen LogP contribution is 2.26. The number of allylic oxidation sites excluding steroid dienone is 7. The molecule has 8 unspecified atom stereocenters. The highest BCUT2D eigenvalue weighted by molar-refractivity contribution is 5.80. The minimum absolute atomic E-state index is 0.125. The number of esters is 1. The zero-order valence-electron chi connectivity index (χ0n) is 51.2. The predicted molar refractivity (Wildman–Crippen MR) is 329 cm³/mol. The minimum atomic E-state index is -1.62. The van der Waals surface area contributed by atoms with Crippen LogP contribution >= 0.6 is 0 Å². The van der Waals surface area contributed by atoms with Crippen molar-refractivity contribution in [3.63, 3.8) is 0 Å². The van der Waals surface area contributed by atoms with Crippen molar-refractivity contribution in [2.45, 2.75) is 359 Å². The maximum atomic E-state index is 13.4. The van der Waals surface area contributed by atoms with Gasteiger partial charge in [0.15, 0.2) is 12.4 Å². The molecule has 6 N–H and O–H groups in total. The molecule has 0 aromatic heterocycles.